The van der Waals surface area contributed by atoms with Gasteiger partial charge in [-0.3, -0.25) is 9.59 Å². The maximum absolute atomic E-state index is 15.8. The number of phenols is 1. The third kappa shape index (κ3) is 13.0. The van der Waals surface area contributed by atoms with Gasteiger partial charge in [0.15, 0.2) is 11.5 Å². The second-order valence-electron chi connectivity index (χ2n) is 25.6. The maximum Gasteiger partial charge on any atom is 0.332 e. The zero-order chi connectivity index (χ0) is 54.4. The molecule has 9 rings (SSSR count). The van der Waals surface area contributed by atoms with Crippen molar-refractivity contribution in [1.82, 2.24) is 16.0 Å². The summed E-state index contributed by atoms with van der Waals surface area (Å²) in [4.78, 5) is 43.0. The van der Waals surface area contributed by atoms with Crippen molar-refractivity contribution in [3.8, 4) is 23.3 Å². The average molecular weight is 1110 g/mol. The smallest absolute Gasteiger partial charge is 0.332 e. The lowest BCUT2D eigenvalue weighted by Crippen LogP contribution is -2.65. The van der Waals surface area contributed by atoms with Gasteiger partial charge in [-0.25, -0.2) is 4.79 Å². The van der Waals surface area contributed by atoms with Crippen LogP contribution in [-0.2, 0) is 23.9 Å². The van der Waals surface area contributed by atoms with Crippen LogP contribution in [0.3, 0.4) is 0 Å². The average Bonchev–Trinajstić information content (AvgIpc) is 3.90. The minimum atomic E-state index is -1.19. The number of carbonyl (C=O) groups is 3. The highest BCUT2D eigenvalue weighted by atomic mass is 33.1. The molecular weight excluding hydrogens is 1010 g/mol. The first-order chi connectivity index (χ1) is 37.1. The summed E-state index contributed by atoms with van der Waals surface area (Å²) >= 11 is 0. The SMILES string of the molecule is CC(=O)OC1CC(OC(=O)C23CCCCC2CCC(=O)N3)C2(CCNCC2)C2c3ccc(O)c4c3C(CC2C#CCC2CC(C)(O)CSSCC(NCCCC(C)CCCCO)C(O)CCC21)C(C1(CO)CCCC1)CO4. The number of rotatable bonds is 14. The summed E-state index contributed by atoms with van der Waals surface area (Å²) < 4.78 is 20.7. The maximum atomic E-state index is 15.8. The Morgan fingerprint density at radius 3 is 2.51 bits per heavy atom. The highest BCUT2D eigenvalue weighted by molar-refractivity contribution is 8.76. The standard InChI is InChI=1S/C61H93N3O11S2/c1-39(12-5-9-31-65)13-11-28-63-48-36-76-77-38-58(3,72)34-42-15-10-14-41-32-46-47(59(37-66)23-7-8-24-59)35-73-56-50(69)21-19-45(54(46)56)55(41)60(26-29-62-30-27-60)52(33-51(74-40(2)67)44(42)18-20-49(48)68)75-57(71)61-25-6-4-16-43(61)17-22-53(70)64-61/h19,21,39,41-44,46-49,51-52,55,62-63,65-66,68-69,72H,4-9,11-13,15-18,20,22-38H2,1-3H3,(H,64,70). The van der Waals surface area contributed by atoms with Crippen molar-refractivity contribution in [2.75, 3.05) is 51.0 Å². The molecule has 1 amide bonds. The van der Waals surface area contributed by atoms with Gasteiger partial charge in [0, 0.05) is 97.0 Å². The Labute approximate surface area is 467 Å². The van der Waals surface area contributed by atoms with Crippen LogP contribution in [0.2, 0.25) is 0 Å². The molecule has 3 saturated heterocycles. The molecular formula is C61H93N3O11S2. The van der Waals surface area contributed by atoms with Gasteiger partial charge in [0.2, 0.25) is 5.91 Å². The van der Waals surface area contributed by atoms with E-state index < -0.39 is 52.7 Å². The molecule has 1 aromatic rings. The first-order valence-corrected chi connectivity index (χ1v) is 32.6. The fourth-order valence-corrected chi connectivity index (χ4v) is 19.3. The molecule has 14 atom stereocenters. The van der Waals surface area contributed by atoms with Crippen molar-refractivity contribution >= 4 is 39.4 Å². The van der Waals surface area contributed by atoms with Crippen molar-refractivity contribution < 1.29 is 54.1 Å². The van der Waals surface area contributed by atoms with Gasteiger partial charge in [0.05, 0.1) is 18.3 Å². The summed E-state index contributed by atoms with van der Waals surface area (Å²) in [5, 5.41) is 67.6. The van der Waals surface area contributed by atoms with Gasteiger partial charge in [-0.05, 0) is 152 Å². The number of phenolic OH excluding ortho intramolecular Hbond substituents is 1. The van der Waals surface area contributed by atoms with Crippen LogP contribution in [0.1, 0.15) is 191 Å². The lowest BCUT2D eigenvalue weighted by atomic mass is 9.51. The lowest BCUT2D eigenvalue weighted by molar-refractivity contribution is -0.183. The number of hydrogen-bond donors (Lipinski definition) is 8. The van der Waals surface area contributed by atoms with Crippen LogP contribution in [0.5, 0.6) is 11.5 Å². The number of ether oxygens (including phenoxy) is 3. The lowest BCUT2D eigenvalue weighted by Gasteiger charge is -2.56. The molecule has 5 fully saturated rings. The van der Waals surface area contributed by atoms with Crippen molar-refractivity contribution in [3.63, 3.8) is 0 Å². The van der Waals surface area contributed by atoms with E-state index in [0.717, 1.165) is 94.7 Å². The van der Waals surface area contributed by atoms with Gasteiger partial charge in [-0.2, -0.15) is 0 Å². The second kappa shape index (κ2) is 26.0. The quantitative estimate of drug-likeness (QED) is 0.0380. The number of esters is 2. The summed E-state index contributed by atoms with van der Waals surface area (Å²) in [7, 11) is 3.29. The summed E-state index contributed by atoms with van der Waals surface area (Å²) in [6.45, 7) is 8.28. The van der Waals surface area contributed by atoms with Crippen LogP contribution in [0.4, 0.5) is 0 Å². The molecule has 77 heavy (non-hydrogen) atoms. The number of benzene rings is 1. The number of carbonyl (C=O) groups excluding carboxylic acids is 3. The normalized spacial score (nSPS) is 36.4. The molecule has 16 heteroatoms. The van der Waals surface area contributed by atoms with E-state index in [4.69, 9.17) is 14.2 Å². The Morgan fingerprint density at radius 2 is 1.74 bits per heavy atom. The highest BCUT2D eigenvalue weighted by Crippen LogP contribution is 2.65. The summed E-state index contributed by atoms with van der Waals surface area (Å²) in [6, 6.07) is 3.58. The molecule has 4 aliphatic heterocycles. The molecule has 1 spiro atoms. The number of hydrogen-bond acceptors (Lipinski definition) is 15. The van der Waals surface area contributed by atoms with E-state index in [1.54, 1.807) is 27.7 Å². The van der Waals surface area contributed by atoms with E-state index in [2.05, 4.69) is 40.8 Å². The Balaban J connectivity index is 1.15. The summed E-state index contributed by atoms with van der Waals surface area (Å²) in [5.41, 5.74) is -1.42. The number of nitrogens with one attached hydrogen (secondary N) is 3. The second-order valence-corrected chi connectivity index (χ2v) is 28.1. The predicted molar refractivity (Wildman–Crippen MR) is 301 cm³/mol. The van der Waals surface area contributed by atoms with Crippen LogP contribution >= 0.6 is 21.6 Å². The van der Waals surface area contributed by atoms with Crippen LogP contribution in [0.25, 0.3) is 0 Å². The number of aromatic hydroxyl groups is 1. The monoisotopic (exact) mass is 1110 g/mol. The molecule has 1 aromatic carbocycles. The van der Waals surface area contributed by atoms with E-state index in [-0.39, 0.29) is 78.3 Å². The van der Waals surface area contributed by atoms with Gasteiger partial charge in [0.1, 0.15) is 17.7 Å². The van der Waals surface area contributed by atoms with Gasteiger partial charge in [0.25, 0.3) is 0 Å². The molecule has 8 N–H and O–H groups in total. The molecule has 14 nitrogen and oxygen atoms in total. The molecule has 0 radical (unpaired) electrons. The first kappa shape index (κ1) is 58.9. The van der Waals surface area contributed by atoms with E-state index >= 15 is 4.79 Å². The van der Waals surface area contributed by atoms with Gasteiger partial charge in [-0.1, -0.05) is 79.0 Å². The molecule has 14 unspecified atom stereocenters. The summed E-state index contributed by atoms with van der Waals surface area (Å²) in [5.74, 6) is 7.54. The topological polar surface area (TPSA) is 216 Å². The molecule has 430 valence electrons. The molecule has 0 aromatic heterocycles. The minimum Gasteiger partial charge on any atom is -0.504 e. The highest BCUT2D eigenvalue weighted by Gasteiger charge is 2.60. The minimum absolute atomic E-state index is 0.0102. The zero-order valence-corrected chi connectivity index (χ0v) is 48.1. The number of unbranched alkanes of at least 4 members (excludes halogenated alkanes) is 1. The molecule has 0 bridgehead atoms. The number of fused-ring (bicyclic) bond motifs is 5. The van der Waals surface area contributed by atoms with Crippen LogP contribution in [0, 0.1) is 58.2 Å². The Morgan fingerprint density at radius 1 is 0.961 bits per heavy atom. The zero-order valence-electron chi connectivity index (χ0n) is 46.5. The largest absolute Gasteiger partial charge is 0.504 e. The Kier molecular flexibility index (Phi) is 19.9. The number of piperidine rings is 2. The predicted octanol–water partition coefficient (Wildman–Crippen LogP) is 8.44. The third-order valence-corrected chi connectivity index (χ3v) is 23.2. The van der Waals surface area contributed by atoms with E-state index in [1.165, 1.54) is 6.92 Å². The third-order valence-electron chi connectivity index (χ3n) is 20.5. The number of amides is 1. The van der Waals surface area contributed by atoms with Gasteiger partial charge in [-0.15, -0.1) is 5.92 Å². The number of aliphatic hydroxyl groups is 4. The van der Waals surface area contributed by atoms with Gasteiger partial charge >= 0.3 is 11.9 Å². The van der Waals surface area contributed by atoms with Crippen molar-refractivity contribution in [3.05, 3.63) is 23.3 Å². The molecule has 2 saturated carbocycles. The van der Waals surface area contributed by atoms with Crippen molar-refractivity contribution in [1.29, 1.82) is 0 Å². The van der Waals surface area contributed by atoms with Crippen molar-refractivity contribution in [2.45, 2.75) is 216 Å². The molecule has 4 aliphatic carbocycles. The molecule has 4 heterocycles. The van der Waals surface area contributed by atoms with E-state index in [0.29, 0.717) is 107 Å². The van der Waals surface area contributed by atoms with Crippen LogP contribution in [0.15, 0.2) is 12.1 Å². The van der Waals surface area contributed by atoms with Crippen LogP contribution < -0.4 is 20.7 Å². The van der Waals surface area contributed by atoms with Gasteiger partial charge < -0.3 is 55.7 Å². The summed E-state index contributed by atoms with van der Waals surface area (Å²) in [6.07, 6.45) is 14.2. The fourth-order valence-electron chi connectivity index (χ4n) is 16.5. The molecule has 8 aliphatic rings. The van der Waals surface area contributed by atoms with Crippen molar-refractivity contribution in [2.24, 2.45) is 46.3 Å². The fraction of sp³-hybridized carbons (Fsp3) is 0.820. The Hall–Kier alpha value is -2.75. The first-order valence-electron chi connectivity index (χ1n) is 30.1. The van der Waals surface area contributed by atoms with E-state index in [1.807, 2.05) is 6.92 Å². The van der Waals surface area contributed by atoms with Crippen LogP contribution in [-0.4, -0.2) is 130 Å². The Bertz CT molecular complexity index is 2240. The van der Waals surface area contributed by atoms with E-state index in [9.17, 15) is 35.1 Å². The number of aliphatic hydroxyl groups excluding tert-OH is 3.